The van der Waals surface area contributed by atoms with Crippen molar-refractivity contribution in [1.29, 1.82) is 0 Å². The van der Waals surface area contributed by atoms with Crippen molar-refractivity contribution in [1.82, 2.24) is 10.2 Å². The van der Waals surface area contributed by atoms with Crippen LogP contribution in [0.4, 0.5) is 0 Å². The van der Waals surface area contributed by atoms with Gasteiger partial charge in [0, 0.05) is 6.42 Å². The van der Waals surface area contributed by atoms with E-state index in [2.05, 4.69) is 5.32 Å². The number of nitrogens with one attached hydrogen (secondary N) is 1. The van der Waals surface area contributed by atoms with Crippen LogP contribution < -0.4 is 5.32 Å². The molecule has 19 heavy (non-hydrogen) atoms. The fourth-order valence-electron chi connectivity index (χ4n) is 5.58. The minimum atomic E-state index is -0.0149. The van der Waals surface area contributed by atoms with Crippen LogP contribution in [-0.2, 0) is 9.59 Å². The smallest absolute Gasteiger partial charge is 0.241 e. The lowest BCUT2D eigenvalue weighted by molar-refractivity contribution is -0.139. The summed E-state index contributed by atoms with van der Waals surface area (Å²) in [6, 6.07) is 0. The minimum absolute atomic E-state index is 0.0149. The van der Waals surface area contributed by atoms with E-state index >= 15 is 0 Å². The molecule has 0 unspecified atom stereocenters. The second kappa shape index (κ2) is 3.97. The summed E-state index contributed by atoms with van der Waals surface area (Å²) in [7, 11) is 0. The lowest BCUT2D eigenvalue weighted by atomic mass is 9.49. The molecule has 1 aliphatic heterocycles. The van der Waals surface area contributed by atoms with Crippen molar-refractivity contribution >= 4 is 11.8 Å². The van der Waals surface area contributed by atoms with Gasteiger partial charge in [0.05, 0.1) is 6.67 Å². The van der Waals surface area contributed by atoms with Crippen LogP contribution in [0.25, 0.3) is 0 Å². The van der Waals surface area contributed by atoms with E-state index in [1.54, 1.807) is 4.90 Å². The van der Waals surface area contributed by atoms with Crippen molar-refractivity contribution < 1.29 is 9.59 Å². The molecule has 4 saturated carbocycles. The standard InChI is InChI=1S/C15H22N2O2/c18-13-8-17(9-16-13)14(19)7-15-4-10-1-11(5-15)3-12(2-10)6-15/h10-12H,1-9H2,(H,16,18). The van der Waals surface area contributed by atoms with Crippen LogP contribution >= 0.6 is 0 Å². The number of carbonyl (C=O) groups excluding carboxylic acids is 2. The van der Waals surface area contributed by atoms with Gasteiger partial charge in [-0.05, 0) is 61.7 Å². The predicted octanol–water partition coefficient (Wildman–Crippen LogP) is 1.51. The van der Waals surface area contributed by atoms with Gasteiger partial charge in [0.2, 0.25) is 11.8 Å². The van der Waals surface area contributed by atoms with Crippen LogP contribution in [0.15, 0.2) is 0 Å². The highest BCUT2D eigenvalue weighted by molar-refractivity contribution is 5.87. The summed E-state index contributed by atoms with van der Waals surface area (Å²) < 4.78 is 0. The molecule has 0 spiro atoms. The number of amides is 2. The van der Waals surface area contributed by atoms with E-state index in [1.165, 1.54) is 38.5 Å². The molecule has 0 radical (unpaired) electrons. The minimum Gasteiger partial charge on any atom is -0.337 e. The average molecular weight is 262 g/mol. The molecule has 4 heteroatoms. The van der Waals surface area contributed by atoms with Gasteiger partial charge < -0.3 is 10.2 Å². The van der Waals surface area contributed by atoms with E-state index < -0.39 is 0 Å². The SMILES string of the molecule is O=C1CN(C(=O)CC23CC4CC(CC(C4)C2)C3)CN1. The Morgan fingerprint density at radius 3 is 2.21 bits per heavy atom. The highest BCUT2D eigenvalue weighted by Crippen LogP contribution is 2.61. The van der Waals surface area contributed by atoms with E-state index in [9.17, 15) is 9.59 Å². The zero-order valence-electron chi connectivity index (χ0n) is 11.4. The quantitative estimate of drug-likeness (QED) is 0.820. The number of hydrogen-bond donors (Lipinski definition) is 1. The summed E-state index contributed by atoms with van der Waals surface area (Å²) in [5.41, 5.74) is 0.289. The molecule has 1 heterocycles. The van der Waals surface area contributed by atoms with E-state index in [0.717, 1.165) is 17.8 Å². The normalized spacial score (nSPS) is 43.7. The molecule has 104 valence electrons. The maximum absolute atomic E-state index is 12.4. The first kappa shape index (κ1) is 11.7. The second-order valence-electron chi connectivity index (χ2n) is 7.44. The van der Waals surface area contributed by atoms with Crippen LogP contribution in [-0.4, -0.2) is 29.9 Å². The molecule has 5 rings (SSSR count). The Balaban J connectivity index is 1.47. The van der Waals surface area contributed by atoms with Crippen LogP contribution in [0.3, 0.4) is 0 Å². The van der Waals surface area contributed by atoms with Gasteiger partial charge >= 0.3 is 0 Å². The third kappa shape index (κ3) is 1.96. The monoisotopic (exact) mass is 262 g/mol. The van der Waals surface area contributed by atoms with Gasteiger partial charge in [-0.3, -0.25) is 9.59 Å². The van der Waals surface area contributed by atoms with Gasteiger partial charge in [-0.25, -0.2) is 0 Å². The Morgan fingerprint density at radius 1 is 1.16 bits per heavy atom. The van der Waals surface area contributed by atoms with Crippen molar-refractivity contribution in [3.05, 3.63) is 0 Å². The molecule has 4 bridgehead atoms. The lowest BCUT2D eigenvalue weighted by Gasteiger charge is -2.56. The molecule has 0 atom stereocenters. The van der Waals surface area contributed by atoms with Crippen LogP contribution in [0.5, 0.6) is 0 Å². The van der Waals surface area contributed by atoms with Crippen molar-refractivity contribution in [2.24, 2.45) is 23.2 Å². The largest absolute Gasteiger partial charge is 0.337 e. The topological polar surface area (TPSA) is 49.4 Å². The van der Waals surface area contributed by atoms with Crippen molar-refractivity contribution in [2.45, 2.75) is 44.9 Å². The molecule has 4 aliphatic carbocycles. The molecule has 0 aromatic rings. The number of hydrogen-bond acceptors (Lipinski definition) is 2. The fourth-order valence-corrected chi connectivity index (χ4v) is 5.58. The van der Waals surface area contributed by atoms with E-state index in [-0.39, 0.29) is 23.8 Å². The summed E-state index contributed by atoms with van der Waals surface area (Å²) in [6.45, 7) is 0.690. The van der Waals surface area contributed by atoms with Crippen LogP contribution in [0.2, 0.25) is 0 Å². The van der Waals surface area contributed by atoms with Crippen molar-refractivity contribution in [2.75, 3.05) is 13.2 Å². The Hall–Kier alpha value is -1.06. The summed E-state index contributed by atoms with van der Waals surface area (Å²) in [5, 5.41) is 2.72. The summed E-state index contributed by atoms with van der Waals surface area (Å²) >= 11 is 0. The molecule has 0 aromatic heterocycles. The van der Waals surface area contributed by atoms with E-state index in [4.69, 9.17) is 0 Å². The molecule has 4 nitrogen and oxygen atoms in total. The van der Waals surface area contributed by atoms with Crippen molar-refractivity contribution in [3.8, 4) is 0 Å². The molecule has 5 aliphatic rings. The highest BCUT2D eigenvalue weighted by Gasteiger charge is 2.51. The van der Waals surface area contributed by atoms with Gasteiger partial charge in [-0.1, -0.05) is 0 Å². The lowest BCUT2D eigenvalue weighted by Crippen LogP contribution is -2.48. The first-order valence-corrected chi connectivity index (χ1v) is 7.66. The summed E-state index contributed by atoms with van der Waals surface area (Å²) in [6.07, 6.45) is 8.72. The van der Waals surface area contributed by atoms with Gasteiger partial charge in [-0.15, -0.1) is 0 Å². The second-order valence-corrected chi connectivity index (χ2v) is 7.44. The third-order valence-corrected chi connectivity index (χ3v) is 5.85. The summed E-state index contributed by atoms with van der Waals surface area (Å²) in [5.74, 6) is 2.84. The van der Waals surface area contributed by atoms with Crippen LogP contribution in [0, 0.1) is 23.2 Å². The maximum Gasteiger partial charge on any atom is 0.241 e. The summed E-state index contributed by atoms with van der Waals surface area (Å²) in [4.78, 5) is 25.3. The number of rotatable bonds is 2. The molecule has 5 fully saturated rings. The first-order valence-electron chi connectivity index (χ1n) is 7.66. The molecular weight excluding hydrogens is 240 g/mol. The van der Waals surface area contributed by atoms with Crippen molar-refractivity contribution in [3.63, 3.8) is 0 Å². The van der Waals surface area contributed by atoms with Gasteiger partial charge in [0.25, 0.3) is 0 Å². The third-order valence-electron chi connectivity index (χ3n) is 5.85. The highest BCUT2D eigenvalue weighted by atomic mass is 16.2. The maximum atomic E-state index is 12.4. The first-order chi connectivity index (χ1) is 9.12. The molecule has 1 saturated heterocycles. The number of nitrogens with zero attached hydrogens (tertiary/aromatic N) is 1. The zero-order valence-corrected chi connectivity index (χ0v) is 11.4. The number of carbonyl (C=O) groups is 2. The average Bonchev–Trinajstić information content (AvgIpc) is 2.73. The molecule has 2 amide bonds. The van der Waals surface area contributed by atoms with E-state index in [0.29, 0.717) is 13.1 Å². The Bertz CT molecular complexity index is 397. The Kier molecular flexibility index (Phi) is 2.45. The molecular formula is C15H22N2O2. The Labute approximate surface area is 113 Å². The molecule has 0 aromatic carbocycles. The fraction of sp³-hybridized carbons (Fsp3) is 0.867. The molecule has 1 N–H and O–H groups in total. The van der Waals surface area contributed by atoms with Gasteiger partial charge in [0.15, 0.2) is 0 Å². The van der Waals surface area contributed by atoms with Gasteiger partial charge in [0.1, 0.15) is 6.54 Å². The van der Waals surface area contributed by atoms with Gasteiger partial charge in [-0.2, -0.15) is 0 Å². The predicted molar refractivity (Wildman–Crippen MR) is 69.9 cm³/mol. The van der Waals surface area contributed by atoms with Crippen LogP contribution in [0.1, 0.15) is 44.9 Å². The zero-order chi connectivity index (χ0) is 13.0. The Morgan fingerprint density at radius 2 is 1.74 bits per heavy atom. The van der Waals surface area contributed by atoms with E-state index in [1.807, 2.05) is 0 Å².